The van der Waals surface area contributed by atoms with Crippen LogP contribution in [-0.2, 0) is 0 Å². The van der Waals surface area contributed by atoms with Crippen molar-refractivity contribution in [3.05, 3.63) is 33.8 Å². The highest BCUT2D eigenvalue weighted by atomic mass is 79.9. The van der Waals surface area contributed by atoms with E-state index in [1.165, 1.54) is 11.8 Å². The third-order valence-corrected chi connectivity index (χ3v) is 4.30. The summed E-state index contributed by atoms with van der Waals surface area (Å²) in [5, 5.41) is 7.59. The maximum absolute atomic E-state index is 6.06. The maximum Gasteiger partial charge on any atom is 0.191 e. The highest BCUT2D eigenvalue weighted by Crippen LogP contribution is 2.32. The van der Waals surface area contributed by atoms with Crippen LogP contribution in [0.4, 0.5) is 17.3 Å². The van der Waals surface area contributed by atoms with Gasteiger partial charge in [0.25, 0.3) is 0 Å². The molecule has 0 bridgehead atoms. The van der Waals surface area contributed by atoms with Crippen LogP contribution in [0.2, 0.25) is 5.02 Å². The van der Waals surface area contributed by atoms with Gasteiger partial charge in [0.15, 0.2) is 5.16 Å². The number of nitrogens with one attached hydrogen (secondary N) is 2. The third kappa shape index (κ3) is 3.52. The Morgan fingerprint density at radius 1 is 1.26 bits per heavy atom. The van der Waals surface area contributed by atoms with Crippen molar-refractivity contribution in [2.75, 3.05) is 23.9 Å². The van der Waals surface area contributed by atoms with Crippen LogP contribution in [0.25, 0.3) is 0 Å². The predicted octanol–water partition coefficient (Wildman–Crippen LogP) is 4.40. The van der Waals surface area contributed by atoms with E-state index in [2.05, 4.69) is 36.5 Å². The summed E-state index contributed by atoms with van der Waals surface area (Å²) < 4.78 is 0.812. The second kappa shape index (κ2) is 6.45. The summed E-state index contributed by atoms with van der Waals surface area (Å²) in [5.41, 5.74) is 0.861. The number of nitrogens with zero attached hydrogens (tertiary/aromatic N) is 2. The van der Waals surface area contributed by atoms with Gasteiger partial charge in [-0.2, -0.15) is 0 Å². The molecule has 0 aliphatic heterocycles. The minimum Gasteiger partial charge on any atom is -0.373 e. The van der Waals surface area contributed by atoms with Crippen LogP contribution in [0, 0.1) is 0 Å². The molecule has 19 heavy (non-hydrogen) atoms. The normalized spacial score (nSPS) is 10.3. The van der Waals surface area contributed by atoms with Crippen molar-refractivity contribution < 1.29 is 0 Å². The number of halogens is 2. The van der Waals surface area contributed by atoms with E-state index < -0.39 is 0 Å². The smallest absolute Gasteiger partial charge is 0.191 e. The Morgan fingerprint density at radius 3 is 2.68 bits per heavy atom. The molecular weight excluding hydrogens is 348 g/mol. The molecule has 0 atom stereocenters. The number of benzene rings is 1. The lowest BCUT2D eigenvalue weighted by Gasteiger charge is -2.11. The van der Waals surface area contributed by atoms with Crippen LogP contribution in [0.1, 0.15) is 0 Å². The van der Waals surface area contributed by atoms with E-state index in [0.29, 0.717) is 16.0 Å². The molecule has 0 fully saturated rings. The number of hydrogen-bond donors (Lipinski definition) is 2. The number of rotatable bonds is 4. The molecule has 1 aromatic carbocycles. The molecular formula is C12H12BrClN4S. The van der Waals surface area contributed by atoms with Gasteiger partial charge >= 0.3 is 0 Å². The third-order valence-electron chi connectivity index (χ3n) is 2.36. The molecule has 0 aliphatic carbocycles. The van der Waals surface area contributed by atoms with Crippen molar-refractivity contribution in [1.29, 1.82) is 0 Å². The molecule has 0 radical (unpaired) electrons. The van der Waals surface area contributed by atoms with E-state index in [-0.39, 0.29) is 0 Å². The lowest BCUT2D eigenvalue weighted by atomic mass is 10.3. The van der Waals surface area contributed by atoms with E-state index in [4.69, 9.17) is 11.6 Å². The van der Waals surface area contributed by atoms with Crippen molar-refractivity contribution in [2.24, 2.45) is 0 Å². The minimum absolute atomic E-state index is 0.651. The largest absolute Gasteiger partial charge is 0.373 e. The fraction of sp³-hybridized carbons (Fsp3) is 0.167. The zero-order valence-electron chi connectivity index (χ0n) is 10.4. The molecule has 4 nitrogen and oxygen atoms in total. The van der Waals surface area contributed by atoms with Crippen molar-refractivity contribution >= 4 is 56.6 Å². The SMILES string of the molecule is CNc1cc(Nc2cccc(Cl)c2Br)nc(SC)n1. The molecule has 1 heterocycles. The second-order valence-electron chi connectivity index (χ2n) is 3.60. The fourth-order valence-electron chi connectivity index (χ4n) is 1.45. The summed E-state index contributed by atoms with van der Waals surface area (Å²) in [5.74, 6) is 1.48. The molecule has 0 amide bonds. The van der Waals surface area contributed by atoms with Gasteiger partial charge in [-0.3, -0.25) is 0 Å². The van der Waals surface area contributed by atoms with Crippen LogP contribution < -0.4 is 10.6 Å². The molecule has 1 aromatic heterocycles. The Morgan fingerprint density at radius 2 is 2.00 bits per heavy atom. The van der Waals surface area contributed by atoms with E-state index in [0.717, 1.165) is 16.0 Å². The van der Waals surface area contributed by atoms with Gasteiger partial charge in [0.1, 0.15) is 11.6 Å². The standard InChI is InChI=1S/C12H12BrClN4S/c1-15-9-6-10(18-12(17-9)19-2)16-8-5-3-4-7(14)11(8)13/h3-6H,1-2H3,(H2,15,16,17,18). The van der Waals surface area contributed by atoms with Gasteiger partial charge in [-0.1, -0.05) is 29.4 Å². The summed E-state index contributed by atoms with van der Waals surface area (Å²) in [6, 6.07) is 7.47. The van der Waals surface area contributed by atoms with E-state index in [9.17, 15) is 0 Å². The molecule has 2 aromatic rings. The topological polar surface area (TPSA) is 49.8 Å². The van der Waals surface area contributed by atoms with Gasteiger partial charge in [-0.15, -0.1) is 0 Å². The van der Waals surface area contributed by atoms with E-state index >= 15 is 0 Å². The van der Waals surface area contributed by atoms with Crippen LogP contribution in [-0.4, -0.2) is 23.3 Å². The van der Waals surface area contributed by atoms with E-state index in [1.807, 2.05) is 37.6 Å². The molecule has 0 aliphatic rings. The molecule has 0 saturated carbocycles. The van der Waals surface area contributed by atoms with Gasteiger partial charge in [-0.25, -0.2) is 9.97 Å². The van der Waals surface area contributed by atoms with Crippen LogP contribution in [0.5, 0.6) is 0 Å². The minimum atomic E-state index is 0.651. The Bertz CT molecular complexity index is 572. The number of thioether (sulfide) groups is 1. The molecule has 2 rings (SSSR count). The summed E-state index contributed by atoms with van der Waals surface area (Å²) >= 11 is 11.0. The first-order valence-electron chi connectivity index (χ1n) is 5.46. The van der Waals surface area contributed by atoms with Crippen LogP contribution >= 0.6 is 39.3 Å². The first-order chi connectivity index (χ1) is 9.13. The van der Waals surface area contributed by atoms with Gasteiger partial charge in [-0.05, 0) is 34.3 Å². The lowest BCUT2D eigenvalue weighted by Crippen LogP contribution is -2.01. The van der Waals surface area contributed by atoms with E-state index in [1.54, 1.807) is 0 Å². The molecule has 7 heteroatoms. The molecule has 2 N–H and O–H groups in total. The lowest BCUT2D eigenvalue weighted by molar-refractivity contribution is 0.977. The predicted molar refractivity (Wildman–Crippen MR) is 85.8 cm³/mol. The highest BCUT2D eigenvalue weighted by molar-refractivity contribution is 9.10. The highest BCUT2D eigenvalue weighted by Gasteiger charge is 2.07. The molecule has 0 unspecified atom stereocenters. The number of anilines is 3. The Kier molecular flexibility index (Phi) is 4.90. The van der Waals surface area contributed by atoms with Gasteiger partial charge in [0.05, 0.1) is 15.2 Å². The first-order valence-corrected chi connectivity index (χ1v) is 7.85. The number of aromatic nitrogens is 2. The Hall–Kier alpha value is -0.980. The monoisotopic (exact) mass is 358 g/mol. The van der Waals surface area contributed by atoms with Crippen molar-refractivity contribution in [3.8, 4) is 0 Å². The van der Waals surface area contributed by atoms with Crippen molar-refractivity contribution in [1.82, 2.24) is 9.97 Å². The Labute approximate surface area is 129 Å². The number of hydrogen-bond acceptors (Lipinski definition) is 5. The zero-order chi connectivity index (χ0) is 13.8. The average Bonchev–Trinajstić information content (AvgIpc) is 2.43. The molecule has 0 saturated heterocycles. The summed E-state index contributed by atoms with van der Waals surface area (Å²) in [4.78, 5) is 8.72. The fourth-order valence-corrected chi connectivity index (χ4v) is 2.36. The Balaban J connectivity index is 2.34. The van der Waals surface area contributed by atoms with Gasteiger partial charge < -0.3 is 10.6 Å². The molecule has 0 spiro atoms. The van der Waals surface area contributed by atoms with Crippen molar-refractivity contribution in [3.63, 3.8) is 0 Å². The summed E-state index contributed by atoms with van der Waals surface area (Å²) in [6.07, 6.45) is 1.94. The second-order valence-corrected chi connectivity index (χ2v) is 5.58. The first kappa shape index (κ1) is 14.4. The zero-order valence-corrected chi connectivity index (χ0v) is 13.5. The quantitative estimate of drug-likeness (QED) is 0.626. The average molecular weight is 360 g/mol. The van der Waals surface area contributed by atoms with Gasteiger partial charge in [0.2, 0.25) is 0 Å². The summed E-state index contributed by atoms with van der Waals surface area (Å²) in [6.45, 7) is 0. The van der Waals surface area contributed by atoms with Gasteiger partial charge in [0, 0.05) is 13.1 Å². The maximum atomic E-state index is 6.06. The summed E-state index contributed by atoms with van der Waals surface area (Å²) in [7, 11) is 1.82. The molecule has 100 valence electrons. The van der Waals surface area contributed by atoms with Crippen molar-refractivity contribution in [2.45, 2.75) is 5.16 Å². The van der Waals surface area contributed by atoms with Crippen LogP contribution in [0.3, 0.4) is 0 Å². The van der Waals surface area contributed by atoms with Crippen LogP contribution in [0.15, 0.2) is 33.9 Å².